The second-order valence-electron chi connectivity index (χ2n) is 6.56. The van der Waals surface area contributed by atoms with Gasteiger partial charge in [-0.25, -0.2) is 0 Å². The van der Waals surface area contributed by atoms with Crippen LogP contribution >= 0.6 is 0 Å². The molecular weight excluding hydrogens is 318 g/mol. The van der Waals surface area contributed by atoms with Gasteiger partial charge in [0.2, 0.25) is 5.91 Å². The molecule has 1 aliphatic heterocycles. The standard InChI is InChI=1S/C19H29N3O3/c1-16(23)17-5-7-18(8-6-17)21-10-12-22(13-11-21)19(24)15-20(2)9-4-14-25-3/h5-8H,4,9-15H2,1-3H3. The molecule has 0 saturated carbocycles. The van der Waals surface area contributed by atoms with Crippen molar-refractivity contribution in [2.24, 2.45) is 0 Å². The van der Waals surface area contributed by atoms with E-state index >= 15 is 0 Å². The molecule has 1 fully saturated rings. The van der Waals surface area contributed by atoms with Gasteiger partial charge in [0.1, 0.15) is 0 Å². The first kappa shape index (κ1) is 19.4. The third-order valence-electron chi connectivity index (χ3n) is 4.56. The molecule has 6 nitrogen and oxygen atoms in total. The molecule has 0 N–H and O–H groups in total. The van der Waals surface area contributed by atoms with Crippen molar-refractivity contribution in [3.63, 3.8) is 0 Å². The van der Waals surface area contributed by atoms with Crippen LogP contribution in [0.5, 0.6) is 0 Å². The molecule has 1 saturated heterocycles. The lowest BCUT2D eigenvalue weighted by atomic mass is 10.1. The van der Waals surface area contributed by atoms with E-state index in [1.165, 1.54) is 0 Å². The quantitative estimate of drug-likeness (QED) is 0.527. The Balaban J connectivity index is 1.78. The largest absolute Gasteiger partial charge is 0.385 e. The molecule has 0 spiro atoms. The van der Waals surface area contributed by atoms with E-state index in [1.54, 1.807) is 14.0 Å². The van der Waals surface area contributed by atoms with Crippen molar-refractivity contribution in [1.82, 2.24) is 9.80 Å². The Hall–Kier alpha value is -1.92. The van der Waals surface area contributed by atoms with E-state index in [4.69, 9.17) is 4.74 Å². The predicted molar refractivity (Wildman–Crippen MR) is 99.2 cm³/mol. The summed E-state index contributed by atoms with van der Waals surface area (Å²) in [6, 6.07) is 7.70. The Kier molecular flexibility index (Phi) is 7.40. The lowest BCUT2D eigenvalue weighted by molar-refractivity contribution is -0.132. The number of amides is 1. The maximum atomic E-state index is 12.4. The van der Waals surface area contributed by atoms with Crippen LogP contribution in [0.15, 0.2) is 24.3 Å². The molecule has 6 heteroatoms. The van der Waals surface area contributed by atoms with Gasteiger partial charge in [0.05, 0.1) is 6.54 Å². The van der Waals surface area contributed by atoms with Gasteiger partial charge in [-0.3, -0.25) is 14.5 Å². The summed E-state index contributed by atoms with van der Waals surface area (Å²) in [5.74, 6) is 0.267. The van der Waals surface area contributed by atoms with Crippen LogP contribution in [0, 0.1) is 0 Å². The molecule has 0 aliphatic carbocycles. The van der Waals surface area contributed by atoms with Crippen molar-refractivity contribution in [1.29, 1.82) is 0 Å². The highest BCUT2D eigenvalue weighted by Crippen LogP contribution is 2.17. The lowest BCUT2D eigenvalue weighted by Crippen LogP contribution is -2.51. The molecule has 1 aromatic carbocycles. The average molecular weight is 347 g/mol. The van der Waals surface area contributed by atoms with E-state index in [2.05, 4.69) is 4.90 Å². The highest BCUT2D eigenvalue weighted by Gasteiger charge is 2.22. The molecular formula is C19H29N3O3. The summed E-state index contributed by atoms with van der Waals surface area (Å²) in [4.78, 5) is 30.0. The fourth-order valence-corrected chi connectivity index (χ4v) is 3.01. The minimum Gasteiger partial charge on any atom is -0.385 e. The molecule has 1 aliphatic rings. The highest BCUT2D eigenvalue weighted by molar-refractivity contribution is 5.94. The summed E-state index contributed by atoms with van der Waals surface area (Å²) in [6.07, 6.45) is 0.935. The average Bonchev–Trinajstić information content (AvgIpc) is 2.62. The Bertz CT molecular complexity index is 566. The summed E-state index contributed by atoms with van der Waals surface area (Å²) < 4.78 is 5.04. The maximum Gasteiger partial charge on any atom is 0.236 e. The van der Waals surface area contributed by atoms with Gasteiger partial charge >= 0.3 is 0 Å². The van der Waals surface area contributed by atoms with Gasteiger partial charge in [-0.15, -0.1) is 0 Å². The second kappa shape index (κ2) is 9.53. The number of rotatable bonds is 8. The molecule has 1 heterocycles. The van der Waals surface area contributed by atoms with E-state index in [0.717, 1.165) is 57.0 Å². The molecule has 1 aromatic rings. The highest BCUT2D eigenvalue weighted by atomic mass is 16.5. The van der Waals surface area contributed by atoms with Crippen LogP contribution < -0.4 is 4.90 Å². The summed E-state index contributed by atoms with van der Waals surface area (Å²) in [7, 11) is 3.67. The summed E-state index contributed by atoms with van der Waals surface area (Å²) in [5, 5.41) is 0. The molecule has 1 amide bonds. The van der Waals surface area contributed by atoms with E-state index < -0.39 is 0 Å². The number of piperazine rings is 1. The number of ketones is 1. The molecule has 138 valence electrons. The zero-order valence-corrected chi connectivity index (χ0v) is 15.5. The number of hydrogen-bond acceptors (Lipinski definition) is 5. The number of carbonyl (C=O) groups excluding carboxylic acids is 2. The number of methoxy groups -OCH3 is 1. The van der Waals surface area contributed by atoms with Crippen molar-refractivity contribution in [3.05, 3.63) is 29.8 Å². The van der Waals surface area contributed by atoms with Crippen LogP contribution in [0.3, 0.4) is 0 Å². The molecule has 25 heavy (non-hydrogen) atoms. The van der Waals surface area contributed by atoms with Gasteiger partial charge in [-0.1, -0.05) is 0 Å². The van der Waals surface area contributed by atoms with Gasteiger partial charge < -0.3 is 14.5 Å². The maximum absolute atomic E-state index is 12.4. The monoisotopic (exact) mass is 347 g/mol. The molecule has 0 radical (unpaired) electrons. The third kappa shape index (κ3) is 5.83. The van der Waals surface area contributed by atoms with Crippen LogP contribution in [-0.2, 0) is 9.53 Å². The van der Waals surface area contributed by atoms with Crippen LogP contribution in [-0.4, -0.2) is 81.5 Å². The van der Waals surface area contributed by atoms with E-state index in [-0.39, 0.29) is 11.7 Å². The normalized spacial score (nSPS) is 14.9. The SMILES string of the molecule is COCCCN(C)CC(=O)N1CCN(c2ccc(C(C)=O)cc2)CC1. The van der Waals surface area contributed by atoms with Gasteiger partial charge in [0.25, 0.3) is 0 Å². The van der Waals surface area contributed by atoms with Gasteiger partial charge in [0, 0.05) is 57.7 Å². The summed E-state index contributed by atoms with van der Waals surface area (Å²) in [5.41, 5.74) is 1.84. The zero-order valence-electron chi connectivity index (χ0n) is 15.5. The van der Waals surface area contributed by atoms with Crippen molar-refractivity contribution < 1.29 is 14.3 Å². The predicted octanol–water partition coefficient (Wildman–Crippen LogP) is 1.51. The number of Topliss-reactive ketones (excluding diaryl/α,β-unsaturated/α-hetero) is 1. The van der Waals surface area contributed by atoms with Crippen molar-refractivity contribution in [3.8, 4) is 0 Å². The molecule has 0 bridgehead atoms. The Morgan fingerprint density at radius 1 is 1.12 bits per heavy atom. The van der Waals surface area contributed by atoms with E-state index in [9.17, 15) is 9.59 Å². The van der Waals surface area contributed by atoms with Gasteiger partial charge in [-0.2, -0.15) is 0 Å². The van der Waals surface area contributed by atoms with Crippen LogP contribution in [0.1, 0.15) is 23.7 Å². The number of anilines is 1. The van der Waals surface area contributed by atoms with Crippen LogP contribution in [0.25, 0.3) is 0 Å². The first-order chi connectivity index (χ1) is 12.0. The lowest BCUT2D eigenvalue weighted by Gasteiger charge is -2.36. The van der Waals surface area contributed by atoms with Gasteiger partial charge in [0.15, 0.2) is 5.78 Å². The number of ether oxygens (including phenoxy) is 1. The van der Waals surface area contributed by atoms with E-state index in [1.807, 2.05) is 41.1 Å². The number of hydrogen-bond donors (Lipinski definition) is 0. The zero-order chi connectivity index (χ0) is 18.2. The number of carbonyl (C=O) groups is 2. The van der Waals surface area contributed by atoms with Crippen LogP contribution in [0.2, 0.25) is 0 Å². The molecule has 0 aromatic heterocycles. The minimum absolute atomic E-state index is 0.0802. The fraction of sp³-hybridized carbons (Fsp3) is 0.579. The third-order valence-corrected chi connectivity index (χ3v) is 4.56. The van der Waals surface area contributed by atoms with E-state index in [0.29, 0.717) is 6.54 Å². The first-order valence-corrected chi connectivity index (χ1v) is 8.82. The summed E-state index contributed by atoms with van der Waals surface area (Å²) >= 11 is 0. The van der Waals surface area contributed by atoms with Crippen molar-refractivity contribution in [2.45, 2.75) is 13.3 Å². The number of likely N-dealkylation sites (N-methyl/N-ethyl adjacent to an activating group) is 1. The molecule has 2 rings (SSSR count). The summed E-state index contributed by atoms with van der Waals surface area (Å²) in [6.45, 7) is 6.72. The second-order valence-corrected chi connectivity index (χ2v) is 6.56. The Morgan fingerprint density at radius 2 is 1.76 bits per heavy atom. The van der Waals surface area contributed by atoms with Gasteiger partial charge in [-0.05, 0) is 44.7 Å². The minimum atomic E-state index is 0.0802. The fourth-order valence-electron chi connectivity index (χ4n) is 3.01. The Morgan fingerprint density at radius 3 is 2.32 bits per heavy atom. The topological polar surface area (TPSA) is 53.1 Å². The smallest absolute Gasteiger partial charge is 0.236 e. The Labute approximate surface area is 150 Å². The van der Waals surface area contributed by atoms with Crippen molar-refractivity contribution in [2.75, 3.05) is 64.9 Å². The first-order valence-electron chi connectivity index (χ1n) is 8.82. The van der Waals surface area contributed by atoms with Crippen molar-refractivity contribution >= 4 is 17.4 Å². The van der Waals surface area contributed by atoms with Crippen LogP contribution in [0.4, 0.5) is 5.69 Å². The molecule has 0 atom stereocenters. The number of nitrogens with zero attached hydrogens (tertiary/aromatic N) is 3. The number of benzene rings is 1. The molecule has 0 unspecified atom stereocenters.